The highest BCUT2D eigenvalue weighted by molar-refractivity contribution is 5.76. The van der Waals surface area contributed by atoms with Crippen molar-refractivity contribution < 1.29 is 45.0 Å². The third kappa shape index (κ3) is 7.57. The summed E-state index contributed by atoms with van der Waals surface area (Å²) in [4.78, 5) is 13.3. The Bertz CT molecular complexity index is 1260. The first-order chi connectivity index (χ1) is 18.8. The van der Waals surface area contributed by atoms with Crippen LogP contribution in [0.3, 0.4) is 0 Å². The first-order valence-electron chi connectivity index (χ1n) is 12.4. The molecule has 5 nitrogen and oxygen atoms in total. The highest BCUT2D eigenvalue weighted by Gasteiger charge is 2.40. The summed E-state index contributed by atoms with van der Waals surface area (Å²) >= 11 is 0. The van der Waals surface area contributed by atoms with E-state index in [9.17, 15) is 35.5 Å². The normalized spacial score (nSPS) is 14.6. The monoisotopic (exact) mass is 570 g/mol. The molecule has 3 aromatic rings. The minimum Gasteiger partial charge on any atom is -0.406 e. The zero-order valence-electron chi connectivity index (χ0n) is 20.9. The van der Waals surface area contributed by atoms with Gasteiger partial charge in [0.1, 0.15) is 17.3 Å². The number of hydrogen-bond acceptors (Lipinski definition) is 3. The molecule has 3 aromatic carbocycles. The molecule has 1 aliphatic carbocycles. The van der Waals surface area contributed by atoms with Gasteiger partial charge in [-0.15, -0.1) is 26.3 Å². The quantitative estimate of drug-likeness (QED) is 0.279. The molecule has 0 spiro atoms. The molecule has 1 fully saturated rings. The van der Waals surface area contributed by atoms with Gasteiger partial charge < -0.3 is 20.1 Å². The van der Waals surface area contributed by atoms with E-state index in [4.69, 9.17) is 0 Å². The number of rotatable bonds is 8. The molecule has 214 valence electrons. The fourth-order valence-corrected chi connectivity index (χ4v) is 4.89. The number of urea groups is 1. The molecule has 40 heavy (non-hydrogen) atoms. The molecule has 2 N–H and O–H groups in total. The van der Waals surface area contributed by atoms with E-state index in [0.29, 0.717) is 12.8 Å². The van der Waals surface area contributed by atoms with Crippen LogP contribution in [0.1, 0.15) is 42.4 Å². The molecule has 0 aliphatic heterocycles. The Morgan fingerprint density at radius 3 is 1.80 bits per heavy atom. The van der Waals surface area contributed by atoms with Crippen molar-refractivity contribution in [1.29, 1.82) is 0 Å². The number of ether oxygens (including phenoxy) is 2. The third-order valence-electron chi connectivity index (χ3n) is 6.55. The van der Waals surface area contributed by atoms with Gasteiger partial charge in [-0.2, -0.15) is 0 Å². The second kappa shape index (κ2) is 11.6. The van der Waals surface area contributed by atoms with Gasteiger partial charge in [0.2, 0.25) is 0 Å². The molecule has 12 heteroatoms. The van der Waals surface area contributed by atoms with Gasteiger partial charge in [0.05, 0.1) is 5.54 Å². The van der Waals surface area contributed by atoms with Crippen molar-refractivity contribution in [3.05, 3.63) is 95.3 Å². The first kappa shape index (κ1) is 29.0. The van der Waals surface area contributed by atoms with Crippen LogP contribution < -0.4 is 20.1 Å². The summed E-state index contributed by atoms with van der Waals surface area (Å²) in [6.45, 7) is 0. The highest BCUT2D eigenvalue weighted by atomic mass is 19.4. The Balaban J connectivity index is 1.89. The lowest BCUT2D eigenvalue weighted by Crippen LogP contribution is -2.53. The van der Waals surface area contributed by atoms with Crippen LogP contribution >= 0.6 is 0 Å². The lowest BCUT2D eigenvalue weighted by atomic mass is 9.77. The van der Waals surface area contributed by atoms with E-state index < -0.39 is 41.6 Å². The lowest BCUT2D eigenvalue weighted by molar-refractivity contribution is -0.275. The zero-order chi connectivity index (χ0) is 29.0. The number of hydrogen-bond donors (Lipinski definition) is 2. The van der Waals surface area contributed by atoms with Crippen LogP contribution in [0.5, 0.6) is 11.5 Å². The fraction of sp³-hybridized carbons (Fsp3) is 0.321. The van der Waals surface area contributed by atoms with Crippen molar-refractivity contribution in [2.75, 3.05) is 0 Å². The summed E-state index contributed by atoms with van der Waals surface area (Å²) in [6.07, 6.45) is -7.27. The summed E-state index contributed by atoms with van der Waals surface area (Å²) in [5.74, 6) is -1.96. The smallest absolute Gasteiger partial charge is 0.406 e. The van der Waals surface area contributed by atoms with Crippen LogP contribution in [0.4, 0.5) is 35.5 Å². The molecule has 4 rings (SSSR count). The van der Waals surface area contributed by atoms with Gasteiger partial charge in [0.25, 0.3) is 0 Å². The second-order valence-corrected chi connectivity index (χ2v) is 9.40. The molecule has 1 aliphatic rings. The van der Waals surface area contributed by atoms with E-state index in [1.807, 2.05) is 0 Å². The van der Waals surface area contributed by atoms with Gasteiger partial charge >= 0.3 is 18.8 Å². The maximum atomic E-state index is 14.9. The summed E-state index contributed by atoms with van der Waals surface area (Å²) in [6, 6.07) is 13.9. The molecule has 0 unspecified atom stereocenters. The number of amides is 2. The standard InChI is InChI=1S/C28H25F7N2O3/c29-24-14-4-1-7-18(24)17-26(37-25(38)36-21-10-2-3-11-21,19-8-5-12-22(15-19)39-27(30,31)32)20-9-6-13-23(16-20)40-28(33,34)35/h1,4-9,12-16,21H,2-3,10-11,17H2,(H2,36,37,38). The van der Waals surface area contributed by atoms with Crippen molar-refractivity contribution in [2.45, 2.75) is 56.4 Å². The van der Waals surface area contributed by atoms with Crippen LogP contribution in [0.15, 0.2) is 72.8 Å². The Hall–Kier alpha value is -3.96. The predicted molar refractivity (Wildman–Crippen MR) is 131 cm³/mol. The summed E-state index contributed by atoms with van der Waals surface area (Å²) in [7, 11) is 0. The van der Waals surface area contributed by atoms with Gasteiger partial charge in [0.15, 0.2) is 0 Å². The molecule has 0 heterocycles. The zero-order valence-corrected chi connectivity index (χ0v) is 20.9. The van der Waals surface area contributed by atoms with Gasteiger partial charge in [0, 0.05) is 12.5 Å². The van der Waals surface area contributed by atoms with Crippen molar-refractivity contribution in [2.24, 2.45) is 0 Å². The molecule has 0 atom stereocenters. The summed E-state index contributed by atoms with van der Waals surface area (Å²) in [5.41, 5.74) is -1.81. The van der Waals surface area contributed by atoms with Crippen LogP contribution in [-0.4, -0.2) is 24.8 Å². The van der Waals surface area contributed by atoms with Crippen molar-refractivity contribution in [1.82, 2.24) is 10.6 Å². The number of alkyl halides is 6. The summed E-state index contributed by atoms with van der Waals surface area (Å²) < 4.78 is 101. The average molecular weight is 571 g/mol. The largest absolute Gasteiger partial charge is 0.573 e. The Morgan fingerprint density at radius 1 is 0.775 bits per heavy atom. The Labute approximate surface area is 225 Å². The molecule has 0 saturated heterocycles. The number of halogens is 7. The van der Waals surface area contributed by atoms with Crippen LogP contribution in [0.2, 0.25) is 0 Å². The minimum absolute atomic E-state index is 0.00299. The molecule has 2 amide bonds. The molecular weight excluding hydrogens is 545 g/mol. The number of benzene rings is 3. The maximum absolute atomic E-state index is 14.9. The van der Waals surface area contributed by atoms with E-state index >= 15 is 0 Å². The van der Waals surface area contributed by atoms with Gasteiger partial charge in [-0.1, -0.05) is 55.3 Å². The topological polar surface area (TPSA) is 59.6 Å². The van der Waals surface area contributed by atoms with Gasteiger partial charge in [-0.3, -0.25) is 0 Å². The molecular formula is C28H25F7N2O3. The van der Waals surface area contributed by atoms with Crippen molar-refractivity contribution >= 4 is 6.03 Å². The Kier molecular flexibility index (Phi) is 8.45. The van der Waals surface area contributed by atoms with Crippen molar-refractivity contribution in [3.8, 4) is 11.5 Å². The van der Waals surface area contributed by atoms with Crippen LogP contribution in [0.25, 0.3) is 0 Å². The first-order valence-corrected chi connectivity index (χ1v) is 12.4. The van der Waals surface area contributed by atoms with Crippen LogP contribution in [0, 0.1) is 5.82 Å². The SMILES string of the molecule is O=C(NC1CCCC1)NC(Cc1ccccc1F)(c1cccc(OC(F)(F)F)c1)c1cccc(OC(F)(F)F)c1. The molecule has 0 aromatic heterocycles. The molecule has 1 saturated carbocycles. The number of carbonyl (C=O) groups is 1. The van der Waals surface area contributed by atoms with E-state index in [-0.39, 0.29) is 29.2 Å². The van der Waals surface area contributed by atoms with E-state index in [1.165, 1.54) is 42.5 Å². The van der Waals surface area contributed by atoms with E-state index in [1.54, 1.807) is 0 Å². The highest BCUT2D eigenvalue weighted by Crippen LogP contribution is 2.39. The summed E-state index contributed by atoms with van der Waals surface area (Å²) in [5, 5.41) is 5.57. The lowest BCUT2D eigenvalue weighted by Gasteiger charge is -2.37. The molecule has 0 radical (unpaired) electrons. The van der Waals surface area contributed by atoms with Crippen LogP contribution in [-0.2, 0) is 12.0 Å². The number of carbonyl (C=O) groups excluding carboxylic acids is 1. The van der Waals surface area contributed by atoms with E-state index in [2.05, 4.69) is 20.1 Å². The Morgan fingerprint density at radius 2 is 1.30 bits per heavy atom. The fourth-order valence-electron chi connectivity index (χ4n) is 4.89. The third-order valence-corrected chi connectivity index (χ3v) is 6.55. The average Bonchev–Trinajstić information content (AvgIpc) is 3.36. The van der Waals surface area contributed by atoms with Gasteiger partial charge in [-0.05, 0) is 59.9 Å². The number of nitrogens with one attached hydrogen (secondary N) is 2. The van der Waals surface area contributed by atoms with E-state index in [0.717, 1.165) is 43.2 Å². The van der Waals surface area contributed by atoms with Gasteiger partial charge in [-0.25, -0.2) is 9.18 Å². The second-order valence-electron chi connectivity index (χ2n) is 9.40. The maximum Gasteiger partial charge on any atom is 0.573 e. The van der Waals surface area contributed by atoms with Crippen molar-refractivity contribution in [3.63, 3.8) is 0 Å². The minimum atomic E-state index is -5.04. The molecule has 0 bridgehead atoms. The predicted octanol–water partition coefficient (Wildman–Crippen LogP) is 7.35.